The minimum absolute atomic E-state index is 0.0496. The second kappa shape index (κ2) is 8.61. The Morgan fingerprint density at radius 2 is 1.63 bits per heavy atom. The summed E-state index contributed by atoms with van der Waals surface area (Å²) < 4.78 is 29.1. The molecule has 1 amide bonds. The molecule has 3 fully saturated rings. The van der Waals surface area contributed by atoms with E-state index in [4.69, 9.17) is 0 Å². The van der Waals surface area contributed by atoms with Crippen LogP contribution in [0.2, 0.25) is 0 Å². The monoisotopic (exact) mass is 436 g/mol. The summed E-state index contributed by atoms with van der Waals surface area (Å²) in [4.78, 5) is 19.9. The Balaban J connectivity index is 1.38. The lowest BCUT2D eigenvalue weighted by Crippen LogP contribution is -2.49. The molecule has 30 heavy (non-hydrogen) atoms. The van der Waals surface area contributed by atoms with Crippen molar-refractivity contribution >= 4 is 15.9 Å². The third kappa shape index (κ3) is 4.31. The molecule has 0 aromatic carbocycles. The standard InChI is InChI=1S/C22H36N4O3S/c1-4-17-5-7-19(8-6-17)26(20-9-10-20)22(27)18-11-13-25(14-12-18)30(28,29)21-15-24(3)16(2)23-21/h15,17-20H,4-14H2,1-3H3. The average Bonchev–Trinajstić information content (AvgIpc) is 3.52. The minimum Gasteiger partial charge on any atom is -0.337 e. The van der Waals surface area contributed by atoms with Gasteiger partial charge >= 0.3 is 0 Å². The van der Waals surface area contributed by atoms with Crippen LogP contribution in [0.1, 0.15) is 70.5 Å². The predicted octanol–water partition coefficient (Wildman–Crippen LogP) is 3.09. The molecule has 4 rings (SSSR count). The van der Waals surface area contributed by atoms with Gasteiger partial charge in [-0.15, -0.1) is 0 Å². The first-order valence-corrected chi connectivity index (χ1v) is 13.1. The normalized spacial score (nSPS) is 26.6. The second-order valence-corrected chi connectivity index (χ2v) is 11.4. The van der Waals surface area contributed by atoms with Gasteiger partial charge in [-0.3, -0.25) is 4.79 Å². The van der Waals surface area contributed by atoms with E-state index in [1.807, 2.05) is 0 Å². The van der Waals surface area contributed by atoms with Crippen molar-refractivity contribution in [2.45, 2.75) is 88.7 Å². The highest BCUT2D eigenvalue weighted by Crippen LogP contribution is 2.38. The molecule has 8 heteroatoms. The Labute approximate surface area is 180 Å². The summed E-state index contributed by atoms with van der Waals surface area (Å²) in [7, 11) is -1.79. The molecule has 2 aliphatic carbocycles. The molecule has 7 nitrogen and oxygen atoms in total. The lowest BCUT2D eigenvalue weighted by atomic mass is 9.83. The van der Waals surface area contributed by atoms with E-state index >= 15 is 0 Å². The number of amides is 1. The van der Waals surface area contributed by atoms with E-state index in [2.05, 4.69) is 16.8 Å². The van der Waals surface area contributed by atoms with Crippen LogP contribution in [0.3, 0.4) is 0 Å². The smallest absolute Gasteiger partial charge is 0.262 e. The Morgan fingerprint density at radius 1 is 1.07 bits per heavy atom. The number of carbonyl (C=O) groups is 1. The molecule has 0 N–H and O–H groups in total. The van der Waals surface area contributed by atoms with Gasteiger partial charge in [0, 0.05) is 44.3 Å². The number of hydrogen-bond donors (Lipinski definition) is 0. The van der Waals surface area contributed by atoms with Gasteiger partial charge in [-0.05, 0) is 64.2 Å². The van der Waals surface area contributed by atoms with Gasteiger partial charge in [0.15, 0.2) is 5.03 Å². The third-order valence-electron chi connectivity index (χ3n) is 7.48. The van der Waals surface area contributed by atoms with Crippen LogP contribution in [0.25, 0.3) is 0 Å². The lowest BCUT2D eigenvalue weighted by Gasteiger charge is -2.40. The molecule has 0 atom stereocenters. The fraction of sp³-hybridized carbons (Fsp3) is 0.818. The van der Waals surface area contributed by atoms with Gasteiger partial charge in [-0.2, -0.15) is 4.31 Å². The van der Waals surface area contributed by atoms with E-state index in [9.17, 15) is 13.2 Å². The summed E-state index contributed by atoms with van der Waals surface area (Å²) in [5, 5.41) is 0.111. The van der Waals surface area contributed by atoms with E-state index in [0.717, 1.165) is 31.6 Å². The molecule has 0 spiro atoms. The Kier molecular flexibility index (Phi) is 6.26. The van der Waals surface area contributed by atoms with Crippen molar-refractivity contribution in [1.29, 1.82) is 0 Å². The summed E-state index contributed by atoms with van der Waals surface area (Å²) in [6.07, 6.45) is 11.0. The first-order valence-electron chi connectivity index (χ1n) is 11.6. The number of hydrogen-bond acceptors (Lipinski definition) is 4. The highest BCUT2D eigenvalue weighted by atomic mass is 32.2. The van der Waals surface area contributed by atoms with Crippen molar-refractivity contribution in [3.8, 4) is 0 Å². The predicted molar refractivity (Wildman–Crippen MR) is 115 cm³/mol. The Hall–Kier alpha value is -1.41. The van der Waals surface area contributed by atoms with Gasteiger partial charge in [-0.1, -0.05) is 13.3 Å². The third-order valence-corrected chi connectivity index (χ3v) is 9.25. The fourth-order valence-corrected chi connectivity index (χ4v) is 6.67. The van der Waals surface area contributed by atoms with E-state index in [1.54, 1.807) is 24.7 Å². The van der Waals surface area contributed by atoms with E-state index in [1.165, 1.54) is 23.6 Å². The van der Waals surface area contributed by atoms with Crippen LogP contribution in [0.5, 0.6) is 0 Å². The number of nitrogens with zero attached hydrogens (tertiary/aromatic N) is 4. The van der Waals surface area contributed by atoms with Crippen molar-refractivity contribution in [3.63, 3.8) is 0 Å². The van der Waals surface area contributed by atoms with Gasteiger partial charge in [0.1, 0.15) is 5.82 Å². The largest absolute Gasteiger partial charge is 0.337 e. The summed E-state index contributed by atoms with van der Waals surface area (Å²) >= 11 is 0. The molecule has 168 valence electrons. The zero-order chi connectivity index (χ0) is 21.5. The SMILES string of the molecule is CCC1CCC(N(C(=O)C2CCN(S(=O)(=O)c3cn(C)c(C)n3)CC2)C2CC2)CC1. The van der Waals surface area contributed by atoms with Crippen LogP contribution in [-0.2, 0) is 21.9 Å². The van der Waals surface area contributed by atoms with Gasteiger partial charge in [0.25, 0.3) is 10.0 Å². The number of rotatable bonds is 6. The Bertz CT molecular complexity index is 841. The van der Waals surface area contributed by atoms with Crippen molar-refractivity contribution in [2.75, 3.05) is 13.1 Å². The maximum atomic E-state index is 13.4. The fourth-order valence-electron chi connectivity index (χ4n) is 5.18. The van der Waals surface area contributed by atoms with Crippen molar-refractivity contribution in [2.24, 2.45) is 18.9 Å². The van der Waals surface area contributed by atoms with Crippen LogP contribution in [0, 0.1) is 18.8 Å². The van der Waals surface area contributed by atoms with Crippen LogP contribution >= 0.6 is 0 Å². The summed E-state index contributed by atoms with van der Waals surface area (Å²) in [5.74, 6) is 1.73. The van der Waals surface area contributed by atoms with Crippen LogP contribution < -0.4 is 0 Å². The Morgan fingerprint density at radius 3 is 2.10 bits per heavy atom. The molecule has 2 heterocycles. The van der Waals surface area contributed by atoms with Crippen LogP contribution in [0.15, 0.2) is 11.2 Å². The van der Waals surface area contributed by atoms with Crippen LogP contribution in [0.4, 0.5) is 0 Å². The molecule has 1 aromatic rings. The molecular formula is C22H36N4O3S. The van der Waals surface area contributed by atoms with E-state index in [-0.39, 0.29) is 16.9 Å². The van der Waals surface area contributed by atoms with Gasteiger partial charge in [0.05, 0.1) is 0 Å². The maximum absolute atomic E-state index is 13.4. The number of imidazole rings is 1. The average molecular weight is 437 g/mol. The number of aromatic nitrogens is 2. The highest BCUT2D eigenvalue weighted by Gasteiger charge is 2.42. The minimum atomic E-state index is -3.59. The number of carbonyl (C=O) groups excluding carboxylic acids is 1. The van der Waals surface area contributed by atoms with Crippen LogP contribution in [-0.4, -0.2) is 58.3 Å². The zero-order valence-corrected chi connectivity index (χ0v) is 19.4. The van der Waals surface area contributed by atoms with Crippen molar-refractivity contribution in [1.82, 2.24) is 18.8 Å². The first kappa shape index (κ1) is 21.8. The highest BCUT2D eigenvalue weighted by molar-refractivity contribution is 7.89. The van der Waals surface area contributed by atoms with Gasteiger partial charge < -0.3 is 9.47 Å². The summed E-state index contributed by atoms with van der Waals surface area (Å²) in [6.45, 7) is 4.86. The number of aryl methyl sites for hydroxylation is 2. The molecule has 0 radical (unpaired) electrons. The maximum Gasteiger partial charge on any atom is 0.262 e. The van der Waals surface area contributed by atoms with Gasteiger partial charge in [-0.25, -0.2) is 13.4 Å². The molecule has 1 aliphatic heterocycles. The lowest BCUT2D eigenvalue weighted by molar-refractivity contribution is -0.140. The molecule has 1 saturated heterocycles. The van der Waals surface area contributed by atoms with Crippen molar-refractivity contribution in [3.05, 3.63) is 12.0 Å². The van der Waals surface area contributed by atoms with E-state index < -0.39 is 10.0 Å². The first-order chi connectivity index (χ1) is 14.3. The molecular weight excluding hydrogens is 400 g/mol. The molecule has 2 saturated carbocycles. The quantitative estimate of drug-likeness (QED) is 0.687. The van der Waals surface area contributed by atoms with Gasteiger partial charge in [0.2, 0.25) is 5.91 Å². The number of piperidine rings is 1. The number of sulfonamides is 1. The summed E-state index contributed by atoms with van der Waals surface area (Å²) in [5.41, 5.74) is 0. The second-order valence-electron chi connectivity index (χ2n) is 9.48. The topological polar surface area (TPSA) is 75.5 Å². The van der Waals surface area contributed by atoms with Crippen molar-refractivity contribution < 1.29 is 13.2 Å². The molecule has 3 aliphatic rings. The molecule has 0 unspecified atom stereocenters. The molecule has 0 bridgehead atoms. The molecule has 1 aromatic heterocycles. The zero-order valence-electron chi connectivity index (χ0n) is 18.6. The van der Waals surface area contributed by atoms with E-state index in [0.29, 0.717) is 43.8 Å². The summed E-state index contributed by atoms with van der Waals surface area (Å²) in [6, 6.07) is 0.824.